The maximum absolute atomic E-state index is 12.7. The molecule has 182 valence electrons. The molecule has 0 fully saturated rings. The summed E-state index contributed by atoms with van der Waals surface area (Å²) in [4.78, 5) is 12.7. The van der Waals surface area contributed by atoms with Crippen LogP contribution in [0.1, 0.15) is 11.1 Å². The topological polar surface area (TPSA) is 98.9 Å². The molecule has 2 aromatic carbocycles. The second kappa shape index (κ2) is 10.3. The molecule has 0 aliphatic carbocycles. The molecule has 3 aromatic heterocycles. The first-order chi connectivity index (χ1) is 17.6. The lowest BCUT2D eigenvalue weighted by atomic mass is 10.1. The number of carbonyl (C=O) groups is 1. The molecule has 0 unspecified atom stereocenters. The minimum Gasteiger partial charge on any atom is -0.497 e. The molecule has 9 heteroatoms. The van der Waals surface area contributed by atoms with Crippen molar-refractivity contribution in [2.45, 2.75) is 12.8 Å². The Kier molecular flexibility index (Phi) is 6.61. The molecule has 0 aliphatic rings. The van der Waals surface area contributed by atoms with Crippen LogP contribution in [-0.4, -0.2) is 44.1 Å². The molecule has 0 aliphatic heterocycles. The van der Waals surface area contributed by atoms with Gasteiger partial charge in [0, 0.05) is 31.2 Å². The highest BCUT2D eigenvalue weighted by Gasteiger charge is 2.14. The summed E-state index contributed by atoms with van der Waals surface area (Å²) in [6.07, 6.45) is 4.72. The van der Waals surface area contributed by atoms with Crippen LogP contribution in [0.25, 0.3) is 16.7 Å². The highest BCUT2D eigenvalue weighted by atomic mass is 16.5. The van der Waals surface area contributed by atoms with E-state index < -0.39 is 0 Å². The fourth-order valence-electron chi connectivity index (χ4n) is 4.10. The third kappa shape index (κ3) is 5.05. The molecular weight excluding hydrogens is 454 g/mol. The predicted octanol–water partition coefficient (Wildman–Crippen LogP) is 3.81. The monoisotopic (exact) mass is 481 g/mol. The second-order valence-electron chi connectivity index (χ2n) is 8.41. The van der Waals surface area contributed by atoms with Crippen LogP contribution < -0.4 is 15.4 Å². The molecule has 0 saturated carbocycles. The molecule has 5 aromatic rings. The van der Waals surface area contributed by atoms with E-state index in [1.807, 2.05) is 84.5 Å². The smallest absolute Gasteiger partial charge is 0.224 e. The first kappa shape index (κ1) is 23.1. The lowest BCUT2D eigenvalue weighted by Crippen LogP contribution is -2.27. The number of rotatable bonds is 9. The average molecular weight is 482 g/mol. The minimum absolute atomic E-state index is 0.0202. The van der Waals surface area contributed by atoms with Gasteiger partial charge in [0.05, 0.1) is 25.2 Å². The zero-order chi connectivity index (χ0) is 24.9. The molecule has 1 amide bonds. The van der Waals surface area contributed by atoms with Crippen LogP contribution in [0.5, 0.6) is 5.75 Å². The van der Waals surface area contributed by atoms with E-state index >= 15 is 0 Å². The second-order valence-corrected chi connectivity index (χ2v) is 8.41. The maximum Gasteiger partial charge on any atom is 0.224 e. The van der Waals surface area contributed by atoms with Gasteiger partial charge in [0.15, 0.2) is 11.6 Å². The zero-order valence-corrected chi connectivity index (χ0v) is 20.2. The van der Waals surface area contributed by atoms with Crippen molar-refractivity contribution in [1.29, 1.82) is 0 Å². The standard InChI is InChI=1S/C27H27N7O2/c1-33-25(14-16-29-33)30-24-11-12-26(32-31-24)34-18-20(22-5-3-4-6-23(22)34)17-27(35)28-15-13-19-7-9-21(36-2)10-8-19/h3-12,14,16,18H,13,15,17H2,1-2H3,(H,28,35)(H,30,31). The third-order valence-electron chi connectivity index (χ3n) is 6.01. The van der Waals surface area contributed by atoms with Crippen molar-refractivity contribution in [3.8, 4) is 11.6 Å². The summed E-state index contributed by atoms with van der Waals surface area (Å²) >= 11 is 0. The number of benzene rings is 2. The molecule has 0 saturated heterocycles. The SMILES string of the molecule is COc1ccc(CCNC(=O)Cc2cn(-c3ccc(Nc4ccnn4C)nn3)c3ccccc23)cc1. The van der Waals surface area contributed by atoms with Gasteiger partial charge in [-0.15, -0.1) is 10.2 Å². The zero-order valence-electron chi connectivity index (χ0n) is 20.2. The minimum atomic E-state index is -0.0202. The van der Waals surface area contributed by atoms with E-state index in [9.17, 15) is 4.79 Å². The Morgan fingerprint density at radius 1 is 1.00 bits per heavy atom. The van der Waals surface area contributed by atoms with Crippen LogP contribution in [-0.2, 0) is 24.7 Å². The normalized spacial score (nSPS) is 10.9. The van der Waals surface area contributed by atoms with E-state index in [2.05, 4.69) is 25.9 Å². The van der Waals surface area contributed by atoms with Gasteiger partial charge in [0.25, 0.3) is 0 Å². The van der Waals surface area contributed by atoms with Gasteiger partial charge >= 0.3 is 0 Å². The van der Waals surface area contributed by atoms with Crippen molar-refractivity contribution in [2.75, 3.05) is 19.0 Å². The number of nitrogens with zero attached hydrogens (tertiary/aromatic N) is 5. The summed E-state index contributed by atoms with van der Waals surface area (Å²) < 4.78 is 8.89. The van der Waals surface area contributed by atoms with Crippen LogP contribution in [0, 0.1) is 0 Å². The Labute approximate surface area is 208 Å². The first-order valence-corrected chi connectivity index (χ1v) is 11.7. The van der Waals surface area contributed by atoms with Gasteiger partial charge in [-0.3, -0.25) is 14.0 Å². The number of hydrogen-bond acceptors (Lipinski definition) is 6. The number of anilines is 2. The van der Waals surface area contributed by atoms with Crippen molar-refractivity contribution < 1.29 is 9.53 Å². The van der Waals surface area contributed by atoms with E-state index in [4.69, 9.17) is 4.74 Å². The van der Waals surface area contributed by atoms with Crippen molar-refractivity contribution in [3.63, 3.8) is 0 Å². The number of para-hydroxylation sites is 1. The van der Waals surface area contributed by atoms with Gasteiger partial charge in [0.1, 0.15) is 11.6 Å². The van der Waals surface area contributed by atoms with E-state index in [1.165, 1.54) is 0 Å². The van der Waals surface area contributed by atoms with E-state index in [-0.39, 0.29) is 12.3 Å². The molecule has 0 bridgehead atoms. The quantitative estimate of drug-likeness (QED) is 0.332. The van der Waals surface area contributed by atoms with Gasteiger partial charge in [-0.05, 0) is 47.9 Å². The summed E-state index contributed by atoms with van der Waals surface area (Å²) in [6, 6.07) is 21.5. The Hall–Kier alpha value is -4.66. The summed E-state index contributed by atoms with van der Waals surface area (Å²) in [6.45, 7) is 0.570. The number of fused-ring (bicyclic) bond motifs is 1. The van der Waals surface area contributed by atoms with Crippen molar-refractivity contribution in [3.05, 3.63) is 90.3 Å². The predicted molar refractivity (Wildman–Crippen MR) is 139 cm³/mol. The van der Waals surface area contributed by atoms with Crippen LogP contribution in [0.2, 0.25) is 0 Å². The third-order valence-corrected chi connectivity index (χ3v) is 6.01. The fraction of sp³-hybridized carbons (Fsp3) is 0.185. The largest absolute Gasteiger partial charge is 0.497 e. The summed E-state index contributed by atoms with van der Waals surface area (Å²) in [7, 11) is 3.50. The molecule has 0 spiro atoms. The highest BCUT2D eigenvalue weighted by molar-refractivity contribution is 5.90. The lowest BCUT2D eigenvalue weighted by Gasteiger charge is -2.07. The number of nitrogens with one attached hydrogen (secondary N) is 2. The molecule has 0 atom stereocenters. The Morgan fingerprint density at radius 3 is 2.56 bits per heavy atom. The Bertz CT molecular complexity index is 1470. The molecular formula is C27H27N7O2. The number of hydrogen-bond donors (Lipinski definition) is 2. The van der Waals surface area contributed by atoms with E-state index in [1.54, 1.807) is 18.0 Å². The van der Waals surface area contributed by atoms with Gasteiger partial charge in [-0.2, -0.15) is 5.10 Å². The number of aromatic nitrogens is 5. The molecule has 3 heterocycles. The maximum atomic E-state index is 12.7. The summed E-state index contributed by atoms with van der Waals surface area (Å²) in [5, 5.41) is 20.1. The van der Waals surface area contributed by atoms with Gasteiger partial charge < -0.3 is 15.4 Å². The van der Waals surface area contributed by atoms with Crippen LogP contribution in [0.4, 0.5) is 11.6 Å². The highest BCUT2D eigenvalue weighted by Crippen LogP contribution is 2.25. The van der Waals surface area contributed by atoms with E-state index in [0.717, 1.165) is 40.0 Å². The molecule has 0 radical (unpaired) electrons. The molecule has 2 N–H and O–H groups in total. The van der Waals surface area contributed by atoms with Crippen molar-refractivity contribution in [2.24, 2.45) is 7.05 Å². The number of ether oxygens (including phenoxy) is 1. The number of amides is 1. The van der Waals surface area contributed by atoms with Crippen molar-refractivity contribution in [1.82, 2.24) is 29.9 Å². The number of methoxy groups -OCH3 is 1. The van der Waals surface area contributed by atoms with Crippen LogP contribution >= 0.6 is 0 Å². The van der Waals surface area contributed by atoms with Gasteiger partial charge in [-0.25, -0.2) is 0 Å². The molecule has 36 heavy (non-hydrogen) atoms. The number of carbonyl (C=O) groups excluding carboxylic acids is 1. The average Bonchev–Trinajstić information content (AvgIpc) is 3.48. The number of aryl methyl sites for hydroxylation is 1. The molecule has 9 nitrogen and oxygen atoms in total. The molecule has 5 rings (SSSR count). The van der Waals surface area contributed by atoms with E-state index in [0.29, 0.717) is 18.2 Å². The summed E-state index contributed by atoms with van der Waals surface area (Å²) in [5.41, 5.74) is 3.05. The van der Waals surface area contributed by atoms with Crippen molar-refractivity contribution >= 4 is 28.4 Å². The first-order valence-electron chi connectivity index (χ1n) is 11.7. The Morgan fingerprint density at radius 2 is 1.83 bits per heavy atom. The van der Waals surface area contributed by atoms with Gasteiger partial charge in [-0.1, -0.05) is 30.3 Å². The van der Waals surface area contributed by atoms with Crippen LogP contribution in [0.15, 0.2) is 79.1 Å². The summed E-state index contributed by atoms with van der Waals surface area (Å²) in [5.74, 6) is 2.92. The fourth-order valence-corrected chi connectivity index (χ4v) is 4.10. The van der Waals surface area contributed by atoms with Gasteiger partial charge in [0.2, 0.25) is 5.91 Å². The van der Waals surface area contributed by atoms with Crippen LogP contribution in [0.3, 0.4) is 0 Å². The Balaban J connectivity index is 1.27. The lowest BCUT2D eigenvalue weighted by molar-refractivity contribution is -0.120.